The average Bonchev–Trinajstić information content (AvgIpc) is 2.06. The minimum absolute atomic E-state index is 0.0209. The van der Waals surface area contributed by atoms with Gasteiger partial charge in [0.05, 0.1) is 12.8 Å². The summed E-state index contributed by atoms with van der Waals surface area (Å²) in [6.45, 7) is 0.748. The summed E-state index contributed by atoms with van der Waals surface area (Å²) in [7, 11) is 0. The molecule has 0 aromatic heterocycles. The molecule has 0 bridgehead atoms. The number of nitrogens with one attached hydrogen (secondary N) is 2. The molecule has 1 aliphatic heterocycles. The fourth-order valence-corrected chi connectivity index (χ4v) is 1.30. The van der Waals surface area contributed by atoms with E-state index in [2.05, 4.69) is 10.6 Å². The fraction of sp³-hybridized carbons (Fsp3) is 0.250. The highest BCUT2D eigenvalue weighted by atomic mass is 15.2. The van der Waals surface area contributed by atoms with E-state index >= 15 is 0 Å². The van der Waals surface area contributed by atoms with Crippen LogP contribution in [0, 0.1) is 0 Å². The van der Waals surface area contributed by atoms with Gasteiger partial charge in [-0.25, -0.2) is 0 Å². The van der Waals surface area contributed by atoms with Crippen molar-refractivity contribution in [1.82, 2.24) is 5.32 Å². The van der Waals surface area contributed by atoms with Gasteiger partial charge in [-0.2, -0.15) is 0 Å². The van der Waals surface area contributed by atoms with Crippen LogP contribution in [0.4, 0.5) is 5.69 Å². The van der Waals surface area contributed by atoms with E-state index < -0.39 is 0 Å². The molecule has 0 saturated carbocycles. The van der Waals surface area contributed by atoms with Crippen LogP contribution >= 0.6 is 0 Å². The molecule has 1 aliphatic rings. The molecule has 3 heteroatoms. The molecular weight excluding hydrogens is 138 g/mol. The lowest BCUT2D eigenvalue weighted by Gasteiger charge is -2.24. The molecule has 0 spiro atoms. The largest absolute Gasteiger partial charge is 0.372 e. The van der Waals surface area contributed by atoms with Crippen molar-refractivity contribution < 1.29 is 0 Å². The van der Waals surface area contributed by atoms with Gasteiger partial charge in [0.25, 0.3) is 0 Å². The highest BCUT2D eigenvalue weighted by Gasteiger charge is 2.13. The predicted molar refractivity (Wildman–Crippen MR) is 45.0 cm³/mol. The number of benzene rings is 1. The first-order valence-electron chi connectivity index (χ1n) is 3.70. The molecule has 1 heterocycles. The maximum atomic E-state index is 5.80. The Morgan fingerprint density at radius 3 is 3.00 bits per heavy atom. The summed E-state index contributed by atoms with van der Waals surface area (Å²) in [5, 5.41) is 6.31. The zero-order valence-corrected chi connectivity index (χ0v) is 6.17. The van der Waals surface area contributed by atoms with Gasteiger partial charge in [0, 0.05) is 11.3 Å². The van der Waals surface area contributed by atoms with Gasteiger partial charge in [-0.05, 0) is 6.07 Å². The minimum Gasteiger partial charge on any atom is -0.372 e. The summed E-state index contributed by atoms with van der Waals surface area (Å²) in [5.41, 5.74) is 8.07. The Morgan fingerprint density at radius 1 is 1.36 bits per heavy atom. The first-order chi connectivity index (χ1) is 5.38. The third-order valence-electron chi connectivity index (χ3n) is 1.90. The Kier molecular flexibility index (Phi) is 1.52. The van der Waals surface area contributed by atoms with Gasteiger partial charge in [-0.1, -0.05) is 18.2 Å². The van der Waals surface area contributed by atoms with Crippen LogP contribution in [0.5, 0.6) is 0 Å². The van der Waals surface area contributed by atoms with Crippen LogP contribution in [0.25, 0.3) is 0 Å². The Hall–Kier alpha value is -1.06. The fourth-order valence-electron chi connectivity index (χ4n) is 1.30. The lowest BCUT2D eigenvalue weighted by Crippen LogP contribution is -2.37. The summed E-state index contributed by atoms with van der Waals surface area (Å²) in [4.78, 5) is 0. The van der Waals surface area contributed by atoms with Crippen molar-refractivity contribution in [3.05, 3.63) is 29.8 Å². The summed E-state index contributed by atoms with van der Waals surface area (Å²) in [6.07, 6.45) is -0.0209. The van der Waals surface area contributed by atoms with Crippen LogP contribution < -0.4 is 16.4 Å². The van der Waals surface area contributed by atoms with Gasteiger partial charge >= 0.3 is 0 Å². The maximum Gasteiger partial charge on any atom is 0.0843 e. The number of nitrogens with two attached hydrogens (primary N) is 1. The number of fused-ring (bicyclic) bond motifs is 1. The van der Waals surface area contributed by atoms with Crippen LogP contribution in [-0.4, -0.2) is 6.67 Å². The zero-order valence-electron chi connectivity index (χ0n) is 6.17. The second-order valence-corrected chi connectivity index (χ2v) is 2.62. The molecule has 0 aliphatic carbocycles. The Balaban J connectivity index is 2.44. The predicted octanol–water partition coefficient (Wildman–Crippen LogP) is 0.616. The quantitative estimate of drug-likeness (QED) is 0.506. The molecule has 1 aromatic carbocycles. The van der Waals surface area contributed by atoms with E-state index in [4.69, 9.17) is 5.73 Å². The molecule has 58 valence electrons. The second-order valence-electron chi connectivity index (χ2n) is 2.62. The zero-order chi connectivity index (χ0) is 7.68. The molecule has 3 nitrogen and oxygen atoms in total. The molecule has 0 amide bonds. The topological polar surface area (TPSA) is 50.1 Å². The highest BCUT2D eigenvalue weighted by Crippen LogP contribution is 2.21. The molecule has 0 fully saturated rings. The molecule has 4 N–H and O–H groups in total. The van der Waals surface area contributed by atoms with Crippen LogP contribution in [0.1, 0.15) is 11.7 Å². The summed E-state index contributed by atoms with van der Waals surface area (Å²) in [5.74, 6) is 0. The van der Waals surface area contributed by atoms with Crippen molar-refractivity contribution in [3.63, 3.8) is 0 Å². The lowest BCUT2D eigenvalue weighted by molar-refractivity contribution is 0.561. The van der Waals surface area contributed by atoms with E-state index in [0.29, 0.717) is 0 Å². The van der Waals surface area contributed by atoms with Crippen molar-refractivity contribution in [2.75, 3.05) is 12.0 Å². The van der Waals surface area contributed by atoms with E-state index in [-0.39, 0.29) is 6.17 Å². The Bertz CT molecular complexity index is 259. The normalized spacial score (nSPS) is 22.1. The standard InChI is InChI=1S/C8H11N3/c9-8-6-3-1-2-4-7(6)10-5-11-8/h1-4,8,10-11H,5,9H2. The highest BCUT2D eigenvalue weighted by molar-refractivity contribution is 5.53. The Labute approximate surface area is 65.6 Å². The monoisotopic (exact) mass is 149 g/mol. The van der Waals surface area contributed by atoms with E-state index in [0.717, 1.165) is 17.9 Å². The van der Waals surface area contributed by atoms with Gasteiger partial charge in [0.1, 0.15) is 0 Å². The van der Waals surface area contributed by atoms with E-state index in [1.54, 1.807) is 0 Å². The first-order valence-corrected chi connectivity index (χ1v) is 3.70. The van der Waals surface area contributed by atoms with Crippen molar-refractivity contribution in [1.29, 1.82) is 0 Å². The van der Waals surface area contributed by atoms with Crippen molar-refractivity contribution in [2.24, 2.45) is 5.73 Å². The number of anilines is 1. The third-order valence-corrected chi connectivity index (χ3v) is 1.90. The van der Waals surface area contributed by atoms with Gasteiger partial charge < -0.3 is 11.1 Å². The molecule has 0 radical (unpaired) electrons. The second kappa shape index (κ2) is 2.53. The van der Waals surface area contributed by atoms with E-state index in [9.17, 15) is 0 Å². The number of rotatable bonds is 0. The molecule has 0 saturated heterocycles. The van der Waals surface area contributed by atoms with E-state index in [1.165, 1.54) is 0 Å². The van der Waals surface area contributed by atoms with Crippen molar-refractivity contribution in [3.8, 4) is 0 Å². The summed E-state index contributed by atoms with van der Waals surface area (Å²) in [6, 6.07) is 8.06. The molecule has 1 unspecified atom stereocenters. The van der Waals surface area contributed by atoms with Crippen LogP contribution in [0.2, 0.25) is 0 Å². The van der Waals surface area contributed by atoms with Gasteiger partial charge in [-0.15, -0.1) is 0 Å². The average molecular weight is 149 g/mol. The third kappa shape index (κ3) is 1.08. The molecule has 1 atom stereocenters. The SMILES string of the molecule is NC1NCNc2ccccc21. The van der Waals surface area contributed by atoms with Crippen molar-refractivity contribution >= 4 is 5.69 Å². The van der Waals surface area contributed by atoms with Crippen LogP contribution in [0.15, 0.2) is 24.3 Å². The minimum atomic E-state index is -0.0209. The lowest BCUT2D eigenvalue weighted by atomic mass is 10.1. The van der Waals surface area contributed by atoms with Crippen molar-refractivity contribution in [2.45, 2.75) is 6.17 Å². The van der Waals surface area contributed by atoms with E-state index in [1.807, 2.05) is 24.3 Å². The van der Waals surface area contributed by atoms with Crippen LogP contribution in [0.3, 0.4) is 0 Å². The molecular formula is C8H11N3. The summed E-state index contributed by atoms with van der Waals surface area (Å²) < 4.78 is 0. The van der Waals surface area contributed by atoms with Gasteiger partial charge in [0.15, 0.2) is 0 Å². The first kappa shape index (κ1) is 6.64. The maximum absolute atomic E-state index is 5.80. The molecule has 1 aromatic rings. The Morgan fingerprint density at radius 2 is 2.18 bits per heavy atom. The number of para-hydroxylation sites is 1. The molecule has 11 heavy (non-hydrogen) atoms. The van der Waals surface area contributed by atoms with Gasteiger partial charge in [0.2, 0.25) is 0 Å². The van der Waals surface area contributed by atoms with Crippen LogP contribution in [-0.2, 0) is 0 Å². The number of hydrogen-bond acceptors (Lipinski definition) is 3. The number of hydrogen-bond donors (Lipinski definition) is 3. The van der Waals surface area contributed by atoms with Gasteiger partial charge in [-0.3, -0.25) is 5.32 Å². The molecule has 2 rings (SSSR count). The smallest absolute Gasteiger partial charge is 0.0843 e. The summed E-state index contributed by atoms with van der Waals surface area (Å²) >= 11 is 0.